The molecule has 0 saturated heterocycles. The third-order valence-electron chi connectivity index (χ3n) is 2.65. The molecule has 0 saturated carbocycles. The van der Waals surface area contributed by atoms with Gasteiger partial charge in [0.2, 0.25) is 0 Å². The maximum atomic E-state index is 5.98. The number of pyridine rings is 1. The van der Waals surface area contributed by atoms with Crippen molar-refractivity contribution in [3.05, 3.63) is 42.2 Å². The highest BCUT2D eigenvalue weighted by Crippen LogP contribution is 2.29. The lowest BCUT2D eigenvalue weighted by atomic mass is 10.1. The molecule has 5 heteroatoms. The summed E-state index contributed by atoms with van der Waals surface area (Å²) in [5.74, 6) is 0. The number of rotatable bonds is 1. The van der Waals surface area contributed by atoms with E-state index in [-0.39, 0.29) is 0 Å². The number of aromatic nitrogens is 4. The molecule has 0 N–H and O–H groups in total. The van der Waals surface area contributed by atoms with Gasteiger partial charge in [0.15, 0.2) is 0 Å². The summed E-state index contributed by atoms with van der Waals surface area (Å²) in [6.45, 7) is 0. The van der Waals surface area contributed by atoms with E-state index in [2.05, 4.69) is 15.0 Å². The van der Waals surface area contributed by atoms with Crippen LogP contribution in [0.4, 0.5) is 0 Å². The smallest absolute Gasteiger partial charge is 0.140 e. The van der Waals surface area contributed by atoms with Gasteiger partial charge in [-0.1, -0.05) is 11.6 Å². The molecular formula is C12H9ClN4. The Morgan fingerprint density at radius 3 is 2.71 bits per heavy atom. The Hall–Kier alpha value is -1.94. The molecule has 0 radical (unpaired) electrons. The van der Waals surface area contributed by atoms with E-state index in [4.69, 9.17) is 11.6 Å². The van der Waals surface area contributed by atoms with Crippen LogP contribution in [0, 0.1) is 0 Å². The molecule has 3 aromatic heterocycles. The summed E-state index contributed by atoms with van der Waals surface area (Å²) in [5, 5.41) is 1.64. The summed E-state index contributed by atoms with van der Waals surface area (Å²) in [6.07, 6.45) is 8.73. The van der Waals surface area contributed by atoms with Gasteiger partial charge in [0.05, 0.1) is 5.02 Å². The van der Waals surface area contributed by atoms with Crippen molar-refractivity contribution < 1.29 is 0 Å². The van der Waals surface area contributed by atoms with E-state index >= 15 is 0 Å². The highest BCUT2D eigenvalue weighted by Gasteiger charge is 2.10. The van der Waals surface area contributed by atoms with Crippen LogP contribution in [0.25, 0.3) is 22.2 Å². The maximum Gasteiger partial charge on any atom is 0.140 e. The quantitative estimate of drug-likeness (QED) is 0.661. The Labute approximate surface area is 103 Å². The zero-order valence-electron chi connectivity index (χ0n) is 9.13. The van der Waals surface area contributed by atoms with Crippen LogP contribution in [0.1, 0.15) is 0 Å². The molecule has 84 valence electrons. The molecule has 0 bridgehead atoms. The zero-order valence-corrected chi connectivity index (χ0v) is 9.89. The van der Waals surface area contributed by atoms with Gasteiger partial charge >= 0.3 is 0 Å². The third-order valence-corrected chi connectivity index (χ3v) is 2.86. The molecule has 0 aliphatic rings. The van der Waals surface area contributed by atoms with Gasteiger partial charge in [-0.3, -0.25) is 0 Å². The number of aryl methyl sites for hydroxylation is 1. The Bertz CT molecular complexity index is 676. The normalized spacial score (nSPS) is 10.9. The van der Waals surface area contributed by atoms with Gasteiger partial charge in [-0.05, 0) is 6.07 Å². The first kappa shape index (κ1) is 10.2. The highest BCUT2D eigenvalue weighted by atomic mass is 35.5. The minimum atomic E-state index is 0.627. The largest absolute Gasteiger partial charge is 0.335 e. The first-order valence-electron chi connectivity index (χ1n) is 5.11. The zero-order chi connectivity index (χ0) is 11.8. The van der Waals surface area contributed by atoms with Crippen LogP contribution in [0.5, 0.6) is 0 Å². The van der Waals surface area contributed by atoms with Crippen LogP contribution < -0.4 is 0 Å². The Morgan fingerprint density at radius 2 is 1.94 bits per heavy atom. The molecule has 3 rings (SSSR count). The van der Waals surface area contributed by atoms with Crippen LogP contribution in [0.3, 0.4) is 0 Å². The van der Waals surface area contributed by atoms with Crippen LogP contribution in [-0.4, -0.2) is 19.5 Å². The fourth-order valence-corrected chi connectivity index (χ4v) is 2.06. The predicted molar refractivity (Wildman–Crippen MR) is 66.8 cm³/mol. The SMILES string of the molecule is Cn1cc(-c2cncnc2)c2cc(Cl)cnc21. The van der Waals surface area contributed by atoms with Gasteiger partial charge in [0.1, 0.15) is 12.0 Å². The number of nitrogens with zero attached hydrogens (tertiary/aromatic N) is 4. The minimum Gasteiger partial charge on any atom is -0.335 e. The summed E-state index contributed by atoms with van der Waals surface area (Å²) < 4.78 is 1.97. The van der Waals surface area contributed by atoms with Gasteiger partial charge in [0.25, 0.3) is 0 Å². The molecule has 3 aromatic rings. The first-order chi connectivity index (χ1) is 8.25. The number of halogens is 1. The highest BCUT2D eigenvalue weighted by molar-refractivity contribution is 6.31. The van der Waals surface area contributed by atoms with E-state index in [0.29, 0.717) is 5.02 Å². The lowest BCUT2D eigenvalue weighted by molar-refractivity contribution is 0.949. The summed E-state index contributed by atoms with van der Waals surface area (Å²) in [6, 6.07) is 1.91. The van der Waals surface area contributed by atoms with E-state index in [1.165, 1.54) is 6.33 Å². The molecule has 0 spiro atoms. The van der Waals surface area contributed by atoms with Crippen molar-refractivity contribution in [2.75, 3.05) is 0 Å². The Morgan fingerprint density at radius 1 is 1.18 bits per heavy atom. The second-order valence-electron chi connectivity index (χ2n) is 3.81. The molecule has 0 aliphatic heterocycles. The lowest BCUT2D eigenvalue weighted by Crippen LogP contribution is -1.86. The molecule has 0 unspecified atom stereocenters. The van der Waals surface area contributed by atoms with Gasteiger partial charge in [-0.2, -0.15) is 0 Å². The standard InChI is InChI=1S/C12H9ClN4/c1-17-6-11(8-3-14-7-15-4-8)10-2-9(13)5-16-12(10)17/h2-7H,1H3. The summed E-state index contributed by atoms with van der Waals surface area (Å²) >= 11 is 5.98. The second kappa shape index (κ2) is 3.82. The molecule has 4 nitrogen and oxygen atoms in total. The summed E-state index contributed by atoms with van der Waals surface area (Å²) in [7, 11) is 1.95. The van der Waals surface area contributed by atoms with Crippen molar-refractivity contribution in [3.63, 3.8) is 0 Å². The van der Waals surface area contributed by atoms with Crippen LogP contribution in [0.2, 0.25) is 5.02 Å². The van der Waals surface area contributed by atoms with Crippen molar-refractivity contribution in [1.82, 2.24) is 19.5 Å². The van der Waals surface area contributed by atoms with E-state index in [0.717, 1.165) is 22.2 Å². The third kappa shape index (κ3) is 1.66. The molecule has 0 fully saturated rings. The monoisotopic (exact) mass is 244 g/mol. The lowest BCUT2D eigenvalue weighted by Gasteiger charge is -1.97. The number of fused-ring (bicyclic) bond motifs is 1. The average Bonchev–Trinajstić information content (AvgIpc) is 2.67. The minimum absolute atomic E-state index is 0.627. The van der Waals surface area contributed by atoms with E-state index < -0.39 is 0 Å². The molecule has 3 heterocycles. The Balaban J connectivity index is 2.34. The first-order valence-corrected chi connectivity index (χ1v) is 5.49. The molecular weight excluding hydrogens is 236 g/mol. The van der Waals surface area contributed by atoms with Crippen molar-refractivity contribution in [2.45, 2.75) is 0 Å². The number of hydrogen-bond donors (Lipinski definition) is 0. The van der Waals surface area contributed by atoms with Gasteiger partial charge in [-0.25, -0.2) is 15.0 Å². The van der Waals surface area contributed by atoms with Gasteiger partial charge < -0.3 is 4.57 Å². The molecule has 0 atom stereocenters. The average molecular weight is 245 g/mol. The van der Waals surface area contributed by atoms with Crippen LogP contribution >= 0.6 is 11.6 Å². The van der Waals surface area contributed by atoms with E-state index in [9.17, 15) is 0 Å². The van der Waals surface area contributed by atoms with E-state index in [1.54, 1.807) is 18.6 Å². The Kier molecular flexibility index (Phi) is 2.30. The topological polar surface area (TPSA) is 43.6 Å². The molecule has 0 aliphatic carbocycles. The summed E-state index contributed by atoms with van der Waals surface area (Å²) in [5.41, 5.74) is 2.90. The maximum absolute atomic E-state index is 5.98. The second-order valence-corrected chi connectivity index (χ2v) is 4.24. The number of hydrogen-bond acceptors (Lipinski definition) is 3. The fourth-order valence-electron chi connectivity index (χ4n) is 1.90. The van der Waals surface area contributed by atoms with Gasteiger partial charge in [0, 0.05) is 48.3 Å². The van der Waals surface area contributed by atoms with Gasteiger partial charge in [-0.15, -0.1) is 0 Å². The fraction of sp³-hybridized carbons (Fsp3) is 0.0833. The molecule has 0 amide bonds. The predicted octanol–water partition coefficient (Wildman–Crippen LogP) is 2.68. The summed E-state index contributed by atoms with van der Waals surface area (Å²) in [4.78, 5) is 12.4. The van der Waals surface area contributed by atoms with Crippen molar-refractivity contribution in [2.24, 2.45) is 7.05 Å². The van der Waals surface area contributed by atoms with Crippen LogP contribution in [-0.2, 0) is 7.05 Å². The molecule has 0 aromatic carbocycles. The molecule has 17 heavy (non-hydrogen) atoms. The van der Waals surface area contributed by atoms with Crippen molar-refractivity contribution in [3.8, 4) is 11.1 Å². The van der Waals surface area contributed by atoms with Crippen LogP contribution in [0.15, 0.2) is 37.2 Å². The van der Waals surface area contributed by atoms with Crippen molar-refractivity contribution in [1.29, 1.82) is 0 Å². The van der Waals surface area contributed by atoms with Crippen molar-refractivity contribution >= 4 is 22.6 Å². The van der Waals surface area contributed by atoms with E-state index in [1.807, 2.05) is 23.9 Å².